The lowest BCUT2D eigenvalue weighted by Crippen LogP contribution is -2.40. The molecule has 0 unspecified atom stereocenters. The average molecular weight is 236 g/mol. The first kappa shape index (κ1) is 12.6. The van der Waals surface area contributed by atoms with Crippen molar-refractivity contribution in [3.8, 4) is 0 Å². The zero-order valence-electron chi connectivity index (χ0n) is 9.13. The second-order valence-electron chi connectivity index (χ2n) is 3.21. The Bertz CT molecular complexity index is 582. The van der Waals surface area contributed by atoms with Gasteiger partial charge >= 0.3 is 5.69 Å². The molecule has 1 heterocycles. The Morgan fingerprint density at radius 2 is 1.71 bits per heavy atom. The molecule has 2 N–H and O–H groups in total. The number of hydrogen-bond donors (Lipinski definition) is 1. The van der Waals surface area contributed by atoms with Gasteiger partial charge < -0.3 is 5.73 Å². The second kappa shape index (κ2) is 5.06. The highest BCUT2D eigenvalue weighted by molar-refractivity contribution is 5.56. The molecule has 7 heteroatoms. The van der Waals surface area contributed by atoms with E-state index in [-0.39, 0.29) is 18.9 Å². The van der Waals surface area contributed by atoms with Gasteiger partial charge in [0.1, 0.15) is 5.82 Å². The largest absolute Gasteiger partial charge is 0.383 e. The van der Waals surface area contributed by atoms with Crippen LogP contribution in [0, 0.1) is 4.91 Å². The van der Waals surface area contributed by atoms with E-state index in [2.05, 4.69) is 18.3 Å². The number of aromatic nitrogens is 2. The Morgan fingerprint density at radius 3 is 2.18 bits per heavy atom. The first-order valence-electron chi connectivity index (χ1n) is 4.76. The van der Waals surface area contributed by atoms with E-state index >= 15 is 0 Å². The third-order valence-electron chi connectivity index (χ3n) is 2.16. The molecule has 0 saturated carbocycles. The van der Waals surface area contributed by atoms with Crippen molar-refractivity contribution in [2.75, 3.05) is 5.73 Å². The van der Waals surface area contributed by atoms with Crippen LogP contribution in [0.1, 0.15) is 0 Å². The van der Waals surface area contributed by atoms with E-state index in [4.69, 9.17) is 5.73 Å². The number of allylic oxidation sites excluding steroid dienone is 2. The quantitative estimate of drug-likeness (QED) is 0.589. The van der Waals surface area contributed by atoms with Crippen LogP contribution < -0.4 is 17.0 Å². The van der Waals surface area contributed by atoms with Crippen molar-refractivity contribution >= 4 is 11.5 Å². The molecule has 0 saturated heterocycles. The second-order valence-corrected chi connectivity index (χ2v) is 3.21. The summed E-state index contributed by atoms with van der Waals surface area (Å²) in [5.41, 5.74) is 3.61. The van der Waals surface area contributed by atoms with E-state index in [0.717, 1.165) is 9.13 Å². The van der Waals surface area contributed by atoms with Crippen LogP contribution >= 0.6 is 0 Å². The first-order valence-corrected chi connectivity index (χ1v) is 4.76. The van der Waals surface area contributed by atoms with Crippen LogP contribution in [0.4, 0.5) is 11.5 Å². The molecule has 17 heavy (non-hydrogen) atoms. The zero-order chi connectivity index (χ0) is 13.0. The van der Waals surface area contributed by atoms with Gasteiger partial charge in [0.2, 0.25) is 5.69 Å². The summed E-state index contributed by atoms with van der Waals surface area (Å²) in [6, 6.07) is 0. The van der Waals surface area contributed by atoms with Gasteiger partial charge in [0.25, 0.3) is 5.56 Å². The van der Waals surface area contributed by atoms with Crippen LogP contribution in [0.25, 0.3) is 0 Å². The number of nitrogens with zero attached hydrogens (tertiary/aromatic N) is 3. The van der Waals surface area contributed by atoms with Gasteiger partial charge in [0.05, 0.1) is 0 Å². The lowest BCUT2D eigenvalue weighted by molar-refractivity contribution is 0.634. The number of anilines is 1. The summed E-state index contributed by atoms with van der Waals surface area (Å²) in [7, 11) is 0. The Labute approximate surface area is 96.5 Å². The van der Waals surface area contributed by atoms with Crippen LogP contribution in [-0.2, 0) is 13.1 Å². The summed E-state index contributed by atoms with van der Waals surface area (Å²) < 4.78 is 1.89. The fourth-order valence-electron chi connectivity index (χ4n) is 1.38. The third-order valence-corrected chi connectivity index (χ3v) is 2.16. The number of nitrogen functional groups attached to an aromatic ring is 1. The predicted molar refractivity (Wildman–Crippen MR) is 65.2 cm³/mol. The van der Waals surface area contributed by atoms with Crippen molar-refractivity contribution in [3.05, 3.63) is 51.1 Å². The highest BCUT2D eigenvalue weighted by Crippen LogP contribution is 2.13. The molecule has 0 aliphatic heterocycles. The molecule has 0 aromatic carbocycles. The highest BCUT2D eigenvalue weighted by Gasteiger charge is 2.16. The molecule has 90 valence electrons. The van der Waals surface area contributed by atoms with Gasteiger partial charge in [-0.3, -0.25) is 13.9 Å². The minimum atomic E-state index is -0.817. The van der Waals surface area contributed by atoms with Crippen molar-refractivity contribution in [2.45, 2.75) is 13.1 Å². The van der Waals surface area contributed by atoms with Crippen LogP contribution in [0.3, 0.4) is 0 Å². The molecule has 1 aromatic heterocycles. The zero-order valence-corrected chi connectivity index (χ0v) is 9.13. The summed E-state index contributed by atoms with van der Waals surface area (Å²) in [4.78, 5) is 34.1. The van der Waals surface area contributed by atoms with E-state index in [1.807, 2.05) is 0 Å². The molecular weight excluding hydrogens is 224 g/mol. The van der Waals surface area contributed by atoms with Gasteiger partial charge in [-0.15, -0.1) is 18.1 Å². The van der Waals surface area contributed by atoms with E-state index in [9.17, 15) is 14.5 Å². The monoisotopic (exact) mass is 236 g/mol. The van der Waals surface area contributed by atoms with Crippen LogP contribution in [0.5, 0.6) is 0 Å². The fraction of sp³-hybridized carbons (Fsp3) is 0.200. The SMILES string of the molecule is C=CCn1c(N)c(N=O)c(=O)n(CC=C)c1=O. The molecule has 0 spiro atoms. The van der Waals surface area contributed by atoms with Gasteiger partial charge in [-0.2, -0.15) is 0 Å². The maximum Gasteiger partial charge on any atom is 0.333 e. The Hall–Kier alpha value is -2.44. The van der Waals surface area contributed by atoms with E-state index in [1.54, 1.807) is 0 Å². The van der Waals surface area contributed by atoms with Crippen molar-refractivity contribution < 1.29 is 0 Å². The molecule has 0 bridgehead atoms. The Kier molecular flexibility index (Phi) is 3.76. The Morgan fingerprint density at radius 1 is 1.18 bits per heavy atom. The van der Waals surface area contributed by atoms with Crippen LogP contribution in [0.2, 0.25) is 0 Å². The van der Waals surface area contributed by atoms with Crippen molar-refractivity contribution in [3.63, 3.8) is 0 Å². The normalized spacial score (nSPS) is 9.88. The van der Waals surface area contributed by atoms with Gasteiger partial charge in [0.15, 0.2) is 0 Å². The smallest absolute Gasteiger partial charge is 0.333 e. The maximum absolute atomic E-state index is 11.9. The lowest BCUT2D eigenvalue weighted by atomic mass is 10.4. The highest BCUT2D eigenvalue weighted by atomic mass is 16.3. The molecule has 1 aromatic rings. The molecule has 1 rings (SSSR count). The summed E-state index contributed by atoms with van der Waals surface area (Å²) >= 11 is 0. The van der Waals surface area contributed by atoms with E-state index < -0.39 is 16.9 Å². The van der Waals surface area contributed by atoms with Gasteiger partial charge in [-0.05, 0) is 5.18 Å². The summed E-state index contributed by atoms with van der Waals surface area (Å²) in [5.74, 6) is -0.254. The number of nitroso groups, excluding NO2 is 1. The first-order chi connectivity index (χ1) is 8.08. The topological polar surface area (TPSA) is 99.4 Å². The predicted octanol–water partition coefficient (Wildman–Crippen LogP) is 0.362. The van der Waals surface area contributed by atoms with Gasteiger partial charge in [0, 0.05) is 13.1 Å². The third kappa shape index (κ3) is 2.07. The molecular formula is C10H12N4O3. The number of nitrogens with two attached hydrogens (primary N) is 1. The number of hydrogen-bond acceptors (Lipinski definition) is 5. The molecule has 0 aliphatic carbocycles. The van der Waals surface area contributed by atoms with Crippen molar-refractivity contribution in [1.29, 1.82) is 0 Å². The van der Waals surface area contributed by atoms with Gasteiger partial charge in [-0.25, -0.2) is 4.79 Å². The Balaban J connectivity index is 3.74. The van der Waals surface area contributed by atoms with Crippen LogP contribution in [-0.4, -0.2) is 9.13 Å². The van der Waals surface area contributed by atoms with Gasteiger partial charge in [-0.1, -0.05) is 12.2 Å². The summed E-state index contributed by atoms with van der Waals surface area (Å²) in [5, 5.41) is 2.56. The molecule has 0 fully saturated rings. The maximum atomic E-state index is 11.9. The standard InChI is InChI=1S/C10H12N4O3/c1-3-5-13-8(11)7(12-17)9(15)14(6-4-2)10(13)16/h3-4H,1-2,5-6,11H2. The minimum Gasteiger partial charge on any atom is -0.383 e. The molecule has 7 nitrogen and oxygen atoms in total. The van der Waals surface area contributed by atoms with E-state index in [1.165, 1.54) is 12.2 Å². The number of rotatable bonds is 5. The molecule has 0 radical (unpaired) electrons. The van der Waals surface area contributed by atoms with Crippen LogP contribution in [0.15, 0.2) is 40.1 Å². The lowest BCUT2D eigenvalue weighted by Gasteiger charge is -2.11. The molecule has 0 atom stereocenters. The average Bonchev–Trinajstić information content (AvgIpc) is 2.31. The summed E-state index contributed by atoms with van der Waals surface area (Å²) in [6.45, 7) is 6.96. The fourth-order valence-corrected chi connectivity index (χ4v) is 1.38. The van der Waals surface area contributed by atoms with Crippen molar-refractivity contribution in [1.82, 2.24) is 9.13 Å². The molecule has 0 amide bonds. The summed E-state index contributed by atoms with van der Waals surface area (Å²) in [6.07, 6.45) is 2.79. The minimum absolute atomic E-state index is 0.0163. The molecule has 0 aliphatic rings. The van der Waals surface area contributed by atoms with Crippen molar-refractivity contribution in [2.24, 2.45) is 5.18 Å². The van der Waals surface area contributed by atoms with E-state index in [0.29, 0.717) is 0 Å².